The molecule has 0 N–H and O–H groups in total. The highest BCUT2D eigenvalue weighted by Crippen LogP contribution is 2.38. The molecule has 0 atom stereocenters. The maximum absolute atomic E-state index is 13.1. The van der Waals surface area contributed by atoms with E-state index >= 15 is 0 Å². The summed E-state index contributed by atoms with van der Waals surface area (Å²) in [4.78, 5) is 17.1. The van der Waals surface area contributed by atoms with Crippen LogP contribution in [0.25, 0.3) is 6.08 Å². The number of halogens is 2. The molecule has 0 saturated carbocycles. The molecular formula is C29H27Cl2N3O3. The Balaban J connectivity index is 1.49. The van der Waals surface area contributed by atoms with Crippen molar-refractivity contribution in [1.29, 1.82) is 5.26 Å². The first-order valence-corrected chi connectivity index (χ1v) is 12.8. The van der Waals surface area contributed by atoms with Crippen molar-refractivity contribution in [2.45, 2.75) is 13.5 Å². The van der Waals surface area contributed by atoms with Crippen LogP contribution in [-0.2, 0) is 11.4 Å². The summed E-state index contributed by atoms with van der Waals surface area (Å²) < 4.78 is 11.7. The van der Waals surface area contributed by atoms with Crippen LogP contribution in [0, 0.1) is 11.3 Å². The Morgan fingerprint density at radius 2 is 1.68 bits per heavy atom. The first kappa shape index (κ1) is 26.4. The van der Waals surface area contributed by atoms with Gasteiger partial charge in [0.05, 0.1) is 11.6 Å². The molecule has 6 nitrogen and oxygen atoms in total. The normalized spacial score (nSPS) is 13.7. The lowest BCUT2D eigenvalue weighted by Gasteiger charge is -2.36. The molecule has 1 saturated heterocycles. The van der Waals surface area contributed by atoms with Gasteiger partial charge in [-0.3, -0.25) is 4.79 Å². The zero-order chi connectivity index (χ0) is 26.2. The SMILES string of the molecule is CCOc1cc(/C=C(/C#N)C(=O)N2CCN(c3ccccc3)CC2)cc(Cl)c1OCc1ccccc1Cl. The largest absolute Gasteiger partial charge is 0.490 e. The molecule has 1 heterocycles. The molecule has 3 aromatic carbocycles. The maximum atomic E-state index is 13.1. The van der Waals surface area contributed by atoms with Crippen molar-refractivity contribution in [3.63, 3.8) is 0 Å². The summed E-state index contributed by atoms with van der Waals surface area (Å²) in [7, 11) is 0. The van der Waals surface area contributed by atoms with Gasteiger partial charge in [0.1, 0.15) is 18.2 Å². The van der Waals surface area contributed by atoms with Crippen LogP contribution in [0.4, 0.5) is 5.69 Å². The molecular weight excluding hydrogens is 509 g/mol. The van der Waals surface area contributed by atoms with Gasteiger partial charge in [0, 0.05) is 42.5 Å². The van der Waals surface area contributed by atoms with E-state index in [0.29, 0.717) is 59.9 Å². The topological polar surface area (TPSA) is 65.8 Å². The maximum Gasteiger partial charge on any atom is 0.264 e. The smallest absolute Gasteiger partial charge is 0.264 e. The van der Waals surface area contributed by atoms with Crippen molar-refractivity contribution < 1.29 is 14.3 Å². The van der Waals surface area contributed by atoms with Gasteiger partial charge in [0.2, 0.25) is 0 Å². The predicted octanol–water partition coefficient (Wildman–Crippen LogP) is 6.23. The number of para-hydroxylation sites is 1. The summed E-state index contributed by atoms with van der Waals surface area (Å²) in [5, 5.41) is 10.7. The van der Waals surface area contributed by atoms with Gasteiger partial charge in [-0.2, -0.15) is 5.26 Å². The first-order chi connectivity index (χ1) is 18.0. The minimum Gasteiger partial charge on any atom is -0.490 e. The Labute approximate surface area is 227 Å². The van der Waals surface area contributed by atoms with Crippen LogP contribution in [0.1, 0.15) is 18.1 Å². The Kier molecular flexibility index (Phi) is 8.95. The standard InChI is InChI=1S/C29H27Cl2N3O3/c1-2-36-27-18-21(17-26(31)28(27)37-20-22-8-6-7-11-25(22)30)16-23(19-32)29(35)34-14-12-33(13-15-34)24-9-4-3-5-10-24/h3-11,16-18H,2,12-15,20H2,1H3/b23-16-. The number of rotatable bonds is 8. The Morgan fingerprint density at radius 3 is 2.35 bits per heavy atom. The van der Waals surface area contributed by atoms with Gasteiger partial charge in [0.25, 0.3) is 5.91 Å². The summed E-state index contributed by atoms with van der Waals surface area (Å²) in [6.45, 7) is 4.93. The minimum atomic E-state index is -0.302. The van der Waals surface area contributed by atoms with E-state index in [4.69, 9.17) is 32.7 Å². The van der Waals surface area contributed by atoms with Gasteiger partial charge < -0.3 is 19.3 Å². The van der Waals surface area contributed by atoms with Crippen molar-refractivity contribution in [2.24, 2.45) is 0 Å². The Hall–Kier alpha value is -3.66. The number of amides is 1. The van der Waals surface area contributed by atoms with Gasteiger partial charge in [-0.15, -0.1) is 0 Å². The van der Waals surface area contributed by atoms with E-state index in [1.165, 1.54) is 6.08 Å². The second-order valence-corrected chi connectivity index (χ2v) is 9.24. The van der Waals surface area contributed by atoms with Gasteiger partial charge in [-0.05, 0) is 48.9 Å². The molecule has 0 aromatic heterocycles. The van der Waals surface area contributed by atoms with E-state index in [2.05, 4.69) is 23.1 Å². The van der Waals surface area contributed by atoms with Gasteiger partial charge in [-0.25, -0.2) is 0 Å². The van der Waals surface area contributed by atoms with Gasteiger partial charge >= 0.3 is 0 Å². The van der Waals surface area contributed by atoms with E-state index < -0.39 is 0 Å². The number of ether oxygens (including phenoxy) is 2. The molecule has 37 heavy (non-hydrogen) atoms. The third-order valence-electron chi connectivity index (χ3n) is 6.01. The lowest BCUT2D eigenvalue weighted by Crippen LogP contribution is -2.49. The van der Waals surface area contributed by atoms with Gasteiger partial charge in [-0.1, -0.05) is 59.6 Å². The molecule has 190 valence electrons. The van der Waals surface area contributed by atoms with Crippen molar-refractivity contribution >= 4 is 40.9 Å². The van der Waals surface area contributed by atoms with Crippen LogP contribution < -0.4 is 14.4 Å². The number of anilines is 1. The van der Waals surface area contributed by atoms with Crippen LogP contribution in [0.5, 0.6) is 11.5 Å². The molecule has 1 aliphatic heterocycles. The van der Waals surface area contributed by atoms with Crippen molar-refractivity contribution in [3.05, 3.63) is 93.5 Å². The number of carbonyl (C=O) groups is 1. The van der Waals surface area contributed by atoms with Crippen LogP contribution in [0.15, 0.2) is 72.3 Å². The van der Waals surface area contributed by atoms with Crippen molar-refractivity contribution in [2.75, 3.05) is 37.7 Å². The highest BCUT2D eigenvalue weighted by molar-refractivity contribution is 6.32. The predicted molar refractivity (Wildman–Crippen MR) is 147 cm³/mol. The van der Waals surface area contributed by atoms with Crippen LogP contribution >= 0.6 is 23.2 Å². The minimum absolute atomic E-state index is 0.0383. The summed E-state index contributed by atoms with van der Waals surface area (Å²) in [5.41, 5.74) is 2.56. The fourth-order valence-electron chi connectivity index (χ4n) is 4.13. The number of nitrogens with zero attached hydrogens (tertiary/aromatic N) is 3. The third-order valence-corrected chi connectivity index (χ3v) is 6.66. The van der Waals surface area contributed by atoms with Crippen LogP contribution in [-0.4, -0.2) is 43.6 Å². The van der Waals surface area contributed by atoms with E-state index in [0.717, 1.165) is 11.3 Å². The zero-order valence-corrected chi connectivity index (χ0v) is 22.0. The summed E-state index contributed by atoms with van der Waals surface area (Å²) in [6.07, 6.45) is 1.54. The molecule has 1 aliphatic rings. The zero-order valence-electron chi connectivity index (χ0n) is 20.5. The van der Waals surface area contributed by atoms with Crippen molar-refractivity contribution in [1.82, 2.24) is 4.90 Å². The van der Waals surface area contributed by atoms with E-state index in [-0.39, 0.29) is 18.1 Å². The molecule has 1 fully saturated rings. The summed E-state index contributed by atoms with van der Waals surface area (Å²) in [5.74, 6) is 0.500. The van der Waals surface area contributed by atoms with E-state index in [1.807, 2.05) is 43.3 Å². The number of carbonyl (C=O) groups excluding carboxylic acids is 1. The fraction of sp³-hybridized carbons (Fsp3) is 0.241. The Morgan fingerprint density at radius 1 is 0.973 bits per heavy atom. The number of hydrogen-bond acceptors (Lipinski definition) is 5. The van der Waals surface area contributed by atoms with Crippen LogP contribution in [0.2, 0.25) is 10.0 Å². The second kappa shape index (κ2) is 12.5. The molecule has 0 radical (unpaired) electrons. The fourth-order valence-corrected chi connectivity index (χ4v) is 4.59. The molecule has 0 aliphatic carbocycles. The molecule has 3 aromatic rings. The summed E-state index contributed by atoms with van der Waals surface area (Å²) in [6, 6.07) is 22.9. The molecule has 0 bridgehead atoms. The molecule has 0 unspecified atom stereocenters. The number of hydrogen-bond donors (Lipinski definition) is 0. The number of piperazine rings is 1. The Bertz CT molecular complexity index is 1310. The van der Waals surface area contributed by atoms with Crippen LogP contribution in [0.3, 0.4) is 0 Å². The number of nitriles is 1. The molecule has 4 rings (SSSR count). The molecule has 1 amide bonds. The third kappa shape index (κ3) is 6.56. The monoisotopic (exact) mass is 535 g/mol. The average molecular weight is 536 g/mol. The first-order valence-electron chi connectivity index (χ1n) is 12.0. The molecule has 0 spiro atoms. The van der Waals surface area contributed by atoms with E-state index in [9.17, 15) is 10.1 Å². The summed E-state index contributed by atoms with van der Waals surface area (Å²) >= 11 is 12.8. The molecule has 8 heteroatoms. The number of benzene rings is 3. The van der Waals surface area contributed by atoms with Gasteiger partial charge in [0.15, 0.2) is 11.5 Å². The second-order valence-electron chi connectivity index (χ2n) is 8.43. The lowest BCUT2D eigenvalue weighted by atomic mass is 10.1. The van der Waals surface area contributed by atoms with Crippen molar-refractivity contribution in [3.8, 4) is 17.6 Å². The quantitative estimate of drug-likeness (QED) is 0.252. The lowest BCUT2D eigenvalue weighted by molar-refractivity contribution is -0.126. The average Bonchev–Trinajstić information content (AvgIpc) is 2.92. The van der Waals surface area contributed by atoms with E-state index in [1.54, 1.807) is 23.1 Å². The highest BCUT2D eigenvalue weighted by Gasteiger charge is 2.24. The highest BCUT2D eigenvalue weighted by atomic mass is 35.5.